The summed E-state index contributed by atoms with van der Waals surface area (Å²) >= 11 is 7.78. The number of hydrogen-bond donors (Lipinski definition) is 0. The van der Waals surface area contributed by atoms with E-state index >= 15 is 0 Å². The first kappa shape index (κ1) is 22.1. The standard InChI is InChI=1S/C23H23ClN4O4S/c24-17-2-4-21-18(14-17)25-22(33-21)15-5-7-26(8-6-15)19-3-1-16(13-20(19)28(30)31)23(29)27-9-11-32-12-10-27/h1-4,13-15H,5-12H2. The molecule has 0 N–H and O–H groups in total. The van der Waals surface area contributed by atoms with Gasteiger partial charge in [-0.15, -0.1) is 11.3 Å². The van der Waals surface area contributed by atoms with Gasteiger partial charge in [-0.2, -0.15) is 0 Å². The maximum absolute atomic E-state index is 12.8. The second kappa shape index (κ2) is 9.24. The zero-order chi connectivity index (χ0) is 22.9. The summed E-state index contributed by atoms with van der Waals surface area (Å²) in [5, 5.41) is 13.6. The molecule has 2 aliphatic heterocycles. The van der Waals surface area contributed by atoms with Crippen LogP contribution in [0.15, 0.2) is 36.4 Å². The summed E-state index contributed by atoms with van der Waals surface area (Å²) in [5.74, 6) is 0.126. The average Bonchev–Trinajstić information content (AvgIpc) is 3.27. The Morgan fingerprint density at radius 2 is 1.88 bits per heavy atom. The molecule has 8 nitrogen and oxygen atoms in total. The molecule has 1 aromatic heterocycles. The molecule has 33 heavy (non-hydrogen) atoms. The van der Waals surface area contributed by atoms with E-state index in [4.69, 9.17) is 21.3 Å². The van der Waals surface area contributed by atoms with Crippen molar-refractivity contribution >= 4 is 50.4 Å². The average molecular weight is 487 g/mol. The largest absolute Gasteiger partial charge is 0.378 e. The Kier molecular flexibility index (Phi) is 6.18. The van der Waals surface area contributed by atoms with Crippen LogP contribution in [0.5, 0.6) is 0 Å². The summed E-state index contributed by atoms with van der Waals surface area (Å²) < 4.78 is 6.41. The molecule has 10 heteroatoms. The molecule has 3 aromatic rings. The number of rotatable bonds is 4. The van der Waals surface area contributed by atoms with Gasteiger partial charge in [0.15, 0.2) is 0 Å². The monoisotopic (exact) mass is 486 g/mol. The predicted octanol–water partition coefficient (Wildman–Crippen LogP) is 4.71. The summed E-state index contributed by atoms with van der Waals surface area (Å²) in [7, 11) is 0. The molecule has 0 saturated carbocycles. The number of morpholine rings is 1. The molecule has 0 radical (unpaired) electrons. The zero-order valence-corrected chi connectivity index (χ0v) is 19.5. The first-order chi connectivity index (χ1) is 16.0. The van der Waals surface area contributed by atoms with Gasteiger partial charge in [-0.25, -0.2) is 4.98 Å². The predicted molar refractivity (Wildman–Crippen MR) is 129 cm³/mol. The van der Waals surface area contributed by atoms with Gasteiger partial charge in [-0.1, -0.05) is 11.6 Å². The van der Waals surface area contributed by atoms with Crippen LogP contribution in [0.1, 0.15) is 34.1 Å². The summed E-state index contributed by atoms with van der Waals surface area (Å²) in [6.07, 6.45) is 1.72. The van der Waals surface area contributed by atoms with Gasteiger partial charge in [-0.05, 0) is 43.2 Å². The molecule has 2 saturated heterocycles. The van der Waals surface area contributed by atoms with Crippen LogP contribution in [0, 0.1) is 10.1 Å². The van der Waals surface area contributed by atoms with Crippen LogP contribution < -0.4 is 4.90 Å². The van der Waals surface area contributed by atoms with Crippen LogP contribution in [0.25, 0.3) is 10.2 Å². The van der Waals surface area contributed by atoms with Crippen LogP contribution in [-0.4, -0.2) is 60.1 Å². The minimum atomic E-state index is -0.394. The molecule has 0 bridgehead atoms. The van der Waals surface area contributed by atoms with Gasteiger partial charge in [0.25, 0.3) is 11.6 Å². The highest BCUT2D eigenvalue weighted by molar-refractivity contribution is 7.18. The Balaban J connectivity index is 1.32. The van der Waals surface area contributed by atoms with Gasteiger partial charge in [-0.3, -0.25) is 14.9 Å². The number of benzene rings is 2. The van der Waals surface area contributed by atoms with Crippen molar-refractivity contribution in [1.29, 1.82) is 0 Å². The third-order valence-electron chi connectivity index (χ3n) is 6.27. The number of aromatic nitrogens is 1. The molecule has 5 rings (SSSR count). The molecular weight excluding hydrogens is 464 g/mol. The normalized spacial score (nSPS) is 17.5. The lowest BCUT2D eigenvalue weighted by atomic mass is 9.96. The lowest BCUT2D eigenvalue weighted by molar-refractivity contribution is -0.384. The third-order valence-corrected chi connectivity index (χ3v) is 7.70. The number of carbonyl (C=O) groups excluding carboxylic acids is 1. The fourth-order valence-electron chi connectivity index (χ4n) is 4.48. The maximum atomic E-state index is 12.8. The zero-order valence-electron chi connectivity index (χ0n) is 17.9. The first-order valence-electron chi connectivity index (χ1n) is 11.0. The number of fused-ring (bicyclic) bond motifs is 1. The van der Waals surface area contributed by atoms with Crippen LogP contribution >= 0.6 is 22.9 Å². The third kappa shape index (κ3) is 4.53. The number of nitro groups is 1. The van der Waals surface area contributed by atoms with Crippen molar-refractivity contribution in [3.8, 4) is 0 Å². The van der Waals surface area contributed by atoms with Gasteiger partial charge < -0.3 is 14.5 Å². The molecule has 0 unspecified atom stereocenters. The molecule has 0 atom stereocenters. The SMILES string of the molecule is O=C(c1ccc(N2CCC(c3nc4cc(Cl)ccc4s3)CC2)c([N+](=O)[O-])c1)N1CCOCC1. The van der Waals surface area contributed by atoms with Crippen molar-refractivity contribution in [3.63, 3.8) is 0 Å². The van der Waals surface area contributed by atoms with Crippen molar-refractivity contribution in [1.82, 2.24) is 9.88 Å². The summed E-state index contributed by atoms with van der Waals surface area (Å²) in [6.45, 7) is 3.36. The molecule has 172 valence electrons. The maximum Gasteiger partial charge on any atom is 0.293 e. The number of piperidine rings is 1. The molecule has 2 aromatic carbocycles. The van der Waals surface area contributed by atoms with Gasteiger partial charge in [0, 0.05) is 48.7 Å². The van der Waals surface area contributed by atoms with Gasteiger partial charge in [0.05, 0.1) is 33.4 Å². The molecule has 2 aliphatic rings. The fraction of sp³-hybridized carbons (Fsp3) is 0.391. The second-order valence-electron chi connectivity index (χ2n) is 8.29. The first-order valence-corrected chi connectivity index (χ1v) is 12.2. The van der Waals surface area contributed by atoms with E-state index in [0.29, 0.717) is 61.6 Å². The number of carbonyl (C=O) groups is 1. The lowest BCUT2D eigenvalue weighted by Crippen LogP contribution is -2.40. The van der Waals surface area contributed by atoms with Crippen molar-refractivity contribution in [3.05, 3.63) is 62.1 Å². The van der Waals surface area contributed by atoms with Gasteiger partial charge in [0.1, 0.15) is 5.69 Å². The van der Waals surface area contributed by atoms with E-state index in [1.165, 1.54) is 6.07 Å². The topological polar surface area (TPSA) is 88.8 Å². The summed E-state index contributed by atoms with van der Waals surface area (Å²) in [4.78, 5) is 32.7. The second-order valence-corrected chi connectivity index (χ2v) is 9.79. The van der Waals surface area contributed by atoms with E-state index in [9.17, 15) is 14.9 Å². The number of anilines is 1. The summed E-state index contributed by atoms with van der Waals surface area (Å²) in [6, 6.07) is 10.6. The molecular formula is C23H23ClN4O4S. The van der Waals surface area contributed by atoms with Gasteiger partial charge in [0.2, 0.25) is 0 Å². The number of ether oxygens (including phenoxy) is 1. The number of nitro benzene ring substituents is 1. The molecule has 0 aliphatic carbocycles. The minimum absolute atomic E-state index is 0.0258. The molecule has 3 heterocycles. The molecule has 1 amide bonds. The van der Waals surface area contributed by atoms with E-state index in [0.717, 1.165) is 28.1 Å². The van der Waals surface area contributed by atoms with E-state index in [1.807, 2.05) is 23.1 Å². The van der Waals surface area contributed by atoms with Crippen molar-refractivity contribution in [2.24, 2.45) is 0 Å². The number of thiazole rings is 1. The van der Waals surface area contributed by atoms with E-state index < -0.39 is 4.92 Å². The lowest BCUT2D eigenvalue weighted by Gasteiger charge is -2.32. The van der Waals surface area contributed by atoms with Crippen LogP contribution in [0.3, 0.4) is 0 Å². The van der Waals surface area contributed by atoms with E-state index in [1.54, 1.807) is 28.4 Å². The van der Waals surface area contributed by atoms with Crippen LogP contribution in [0.4, 0.5) is 11.4 Å². The highest BCUT2D eigenvalue weighted by Gasteiger charge is 2.29. The van der Waals surface area contributed by atoms with E-state index in [-0.39, 0.29) is 11.6 Å². The Labute approximate surface area is 199 Å². The molecule has 2 fully saturated rings. The smallest absolute Gasteiger partial charge is 0.293 e. The number of hydrogen-bond acceptors (Lipinski definition) is 7. The quantitative estimate of drug-likeness (QED) is 0.392. The fourth-order valence-corrected chi connectivity index (χ4v) is 5.76. The molecule has 0 spiro atoms. The van der Waals surface area contributed by atoms with Crippen molar-refractivity contribution in [2.45, 2.75) is 18.8 Å². The number of nitrogens with zero attached hydrogens (tertiary/aromatic N) is 4. The minimum Gasteiger partial charge on any atom is -0.378 e. The number of halogens is 1. The highest BCUT2D eigenvalue weighted by atomic mass is 35.5. The summed E-state index contributed by atoms with van der Waals surface area (Å²) in [5.41, 5.74) is 1.80. The van der Waals surface area contributed by atoms with Crippen LogP contribution in [-0.2, 0) is 4.74 Å². The number of amides is 1. The van der Waals surface area contributed by atoms with Crippen molar-refractivity contribution < 1.29 is 14.5 Å². The van der Waals surface area contributed by atoms with Crippen molar-refractivity contribution in [2.75, 3.05) is 44.3 Å². The Bertz CT molecular complexity index is 1200. The Morgan fingerprint density at radius 3 is 2.61 bits per heavy atom. The Morgan fingerprint density at radius 1 is 1.12 bits per heavy atom. The van der Waals surface area contributed by atoms with Gasteiger partial charge >= 0.3 is 0 Å². The van der Waals surface area contributed by atoms with E-state index in [2.05, 4.69) is 0 Å². The Hall–Kier alpha value is -2.75. The van der Waals surface area contributed by atoms with Crippen LogP contribution in [0.2, 0.25) is 5.02 Å². The highest BCUT2D eigenvalue weighted by Crippen LogP contribution is 2.38.